The minimum absolute atomic E-state index is 0.0734. The molecule has 0 radical (unpaired) electrons. The topological polar surface area (TPSA) is 125 Å². The molecule has 30 heavy (non-hydrogen) atoms. The number of aromatic hydroxyl groups is 2. The molecular weight excluding hydrogens is 388 g/mol. The summed E-state index contributed by atoms with van der Waals surface area (Å²) in [5, 5.41) is 24.4. The van der Waals surface area contributed by atoms with Gasteiger partial charge in [-0.1, -0.05) is 12.1 Å². The van der Waals surface area contributed by atoms with Crippen molar-refractivity contribution in [2.75, 3.05) is 10.6 Å². The minimum atomic E-state index is -0.543. The molecule has 0 fully saturated rings. The van der Waals surface area contributed by atoms with E-state index in [0.29, 0.717) is 16.9 Å². The summed E-state index contributed by atoms with van der Waals surface area (Å²) in [5.41, 5.74) is 1.19. The zero-order valence-corrected chi connectivity index (χ0v) is 15.9. The maximum absolute atomic E-state index is 12.5. The first-order valence-corrected chi connectivity index (χ1v) is 8.84. The van der Waals surface area contributed by atoms with E-state index in [0.717, 1.165) is 6.07 Å². The van der Waals surface area contributed by atoms with Crippen LogP contribution in [0.15, 0.2) is 66.7 Å². The number of carbonyl (C=O) groups excluding carboxylic acids is 3. The van der Waals surface area contributed by atoms with Crippen LogP contribution >= 0.6 is 0 Å². The third-order valence-corrected chi connectivity index (χ3v) is 3.90. The maximum Gasteiger partial charge on any atom is 0.308 e. The largest absolute Gasteiger partial charge is 0.508 e. The number of phenolic OH excluding ortho intramolecular Hbond substituents is 2. The molecule has 0 spiro atoms. The second kappa shape index (κ2) is 8.78. The van der Waals surface area contributed by atoms with Gasteiger partial charge in [-0.15, -0.1) is 0 Å². The molecule has 0 saturated heterocycles. The van der Waals surface area contributed by atoms with Crippen molar-refractivity contribution in [2.24, 2.45) is 0 Å². The van der Waals surface area contributed by atoms with E-state index < -0.39 is 17.8 Å². The van der Waals surface area contributed by atoms with Crippen LogP contribution in [0.3, 0.4) is 0 Å². The van der Waals surface area contributed by atoms with Gasteiger partial charge in [-0.3, -0.25) is 14.4 Å². The second-order valence-electron chi connectivity index (χ2n) is 6.35. The third-order valence-electron chi connectivity index (χ3n) is 3.90. The Balaban J connectivity index is 1.71. The van der Waals surface area contributed by atoms with Gasteiger partial charge in [0.1, 0.15) is 17.2 Å². The van der Waals surface area contributed by atoms with Crippen LogP contribution in [-0.2, 0) is 4.79 Å². The number of benzene rings is 3. The molecule has 2 amide bonds. The predicted molar refractivity (Wildman–Crippen MR) is 110 cm³/mol. The van der Waals surface area contributed by atoms with Crippen LogP contribution < -0.4 is 15.4 Å². The molecule has 0 aliphatic rings. The fourth-order valence-electron chi connectivity index (χ4n) is 2.67. The fourth-order valence-corrected chi connectivity index (χ4v) is 2.67. The van der Waals surface area contributed by atoms with Crippen molar-refractivity contribution in [3.63, 3.8) is 0 Å². The average molecular weight is 406 g/mol. The number of anilines is 2. The highest BCUT2D eigenvalue weighted by molar-refractivity contribution is 6.06. The van der Waals surface area contributed by atoms with Crippen LogP contribution in [0, 0.1) is 0 Å². The van der Waals surface area contributed by atoms with E-state index in [9.17, 15) is 24.6 Å². The smallest absolute Gasteiger partial charge is 0.308 e. The van der Waals surface area contributed by atoms with Gasteiger partial charge < -0.3 is 25.6 Å². The van der Waals surface area contributed by atoms with Gasteiger partial charge in [0.2, 0.25) is 0 Å². The standard InChI is InChI=1S/C22H18N2O6/c1-13(25)30-20-7-2-4-14(10-20)21(28)23-16-5-3-6-17(11-16)24-22(29)15-8-18(26)12-19(27)9-15/h2-12,26-27H,1H3,(H,23,28)(H,24,29). The zero-order valence-electron chi connectivity index (χ0n) is 15.9. The molecule has 0 heterocycles. The van der Waals surface area contributed by atoms with E-state index in [1.54, 1.807) is 42.5 Å². The highest BCUT2D eigenvalue weighted by atomic mass is 16.5. The first-order valence-electron chi connectivity index (χ1n) is 8.84. The summed E-state index contributed by atoms with van der Waals surface area (Å²) < 4.78 is 4.97. The van der Waals surface area contributed by atoms with Gasteiger partial charge in [0.15, 0.2) is 0 Å². The molecule has 0 bridgehead atoms. The average Bonchev–Trinajstić information content (AvgIpc) is 2.67. The Bertz CT molecular complexity index is 1110. The van der Waals surface area contributed by atoms with Crippen molar-refractivity contribution in [1.29, 1.82) is 0 Å². The molecule has 4 N–H and O–H groups in total. The van der Waals surface area contributed by atoms with Crippen LogP contribution in [0.25, 0.3) is 0 Å². The molecule has 0 aliphatic heterocycles. The predicted octanol–water partition coefficient (Wildman–Crippen LogP) is 3.53. The Labute approximate surface area is 171 Å². The van der Waals surface area contributed by atoms with E-state index in [2.05, 4.69) is 10.6 Å². The number of carbonyl (C=O) groups is 3. The number of ether oxygens (including phenoxy) is 1. The summed E-state index contributed by atoms with van der Waals surface area (Å²) >= 11 is 0. The first kappa shape index (κ1) is 20.4. The Morgan fingerprint density at radius 3 is 1.90 bits per heavy atom. The summed E-state index contributed by atoms with van der Waals surface area (Å²) in [6, 6.07) is 16.2. The molecule has 3 rings (SSSR count). The van der Waals surface area contributed by atoms with Gasteiger partial charge >= 0.3 is 5.97 Å². The minimum Gasteiger partial charge on any atom is -0.508 e. The Hall–Kier alpha value is -4.33. The Morgan fingerprint density at radius 1 is 0.733 bits per heavy atom. The Morgan fingerprint density at radius 2 is 1.30 bits per heavy atom. The summed E-state index contributed by atoms with van der Waals surface area (Å²) in [6.07, 6.45) is 0. The molecule has 8 nitrogen and oxygen atoms in total. The monoisotopic (exact) mass is 406 g/mol. The van der Waals surface area contributed by atoms with E-state index in [1.165, 1.54) is 25.1 Å². The van der Waals surface area contributed by atoms with Crippen LogP contribution in [0.4, 0.5) is 11.4 Å². The van der Waals surface area contributed by atoms with Crippen molar-refractivity contribution < 1.29 is 29.3 Å². The molecule has 3 aromatic rings. The van der Waals surface area contributed by atoms with Crippen LogP contribution in [0.2, 0.25) is 0 Å². The quantitative estimate of drug-likeness (QED) is 0.379. The molecule has 0 aliphatic carbocycles. The van der Waals surface area contributed by atoms with Crippen LogP contribution in [0.5, 0.6) is 17.2 Å². The van der Waals surface area contributed by atoms with E-state index in [4.69, 9.17) is 4.74 Å². The van der Waals surface area contributed by atoms with Gasteiger partial charge in [-0.05, 0) is 48.5 Å². The molecule has 0 unspecified atom stereocenters. The number of hydrogen-bond acceptors (Lipinski definition) is 6. The van der Waals surface area contributed by atoms with Gasteiger partial charge in [-0.25, -0.2) is 0 Å². The lowest BCUT2D eigenvalue weighted by Crippen LogP contribution is -2.14. The summed E-state index contributed by atoms with van der Waals surface area (Å²) in [4.78, 5) is 35.9. The SMILES string of the molecule is CC(=O)Oc1cccc(C(=O)Nc2cccc(NC(=O)c3cc(O)cc(O)c3)c2)c1. The number of esters is 1. The second-order valence-corrected chi connectivity index (χ2v) is 6.35. The first-order chi connectivity index (χ1) is 14.3. The molecule has 0 aromatic heterocycles. The highest BCUT2D eigenvalue weighted by Crippen LogP contribution is 2.22. The van der Waals surface area contributed by atoms with Crippen molar-refractivity contribution >= 4 is 29.2 Å². The summed E-state index contributed by atoms with van der Waals surface area (Å²) in [7, 11) is 0. The van der Waals surface area contributed by atoms with Crippen LogP contribution in [0.1, 0.15) is 27.6 Å². The van der Waals surface area contributed by atoms with Gasteiger partial charge in [0.05, 0.1) is 0 Å². The van der Waals surface area contributed by atoms with Gasteiger partial charge in [0.25, 0.3) is 11.8 Å². The maximum atomic E-state index is 12.5. The number of amides is 2. The summed E-state index contributed by atoms with van der Waals surface area (Å²) in [5.74, 6) is -1.68. The van der Waals surface area contributed by atoms with Crippen molar-refractivity contribution in [2.45, 2.75) is 6.92 Å². The van der Waals surface area contributed by atoms with Crippen LogP contribution in [-0.4, -0.2) is 28.0 Å². The number of phenols is 2. The van der Waals surface area contributed by atoms with Crippen molar-refractivity contribution in [3.05, 3.63) is 77.9 Å². The number of rotatable bonds is 5. The number of nitrogens with one attached hydrogen (secondary N) is 2. The Kier molecular flexibility index (Phi) is 5.97. The molecule has 8 heteroatoms. The van der Waals surface area contributed by atoms with E-state index >= 15 is 0 Å². The zero-order chi connectivity index (χ0) is 21.7. The van der Waals surface area contributed by atoms with Gasteiger partial charge in [-0.2, -0.15) is 0 Å². The molecular formula is C22H18N2O6. The summed E-state index contributed by atoms with van der Waals surface area (Å²) in [6.45, 7) is 1.27. The number of hydrogen-bond donors (Lipinski definition) is 4. The van der Waals surface area contributed by atoms with Crippen molar-refractivity contribution in [1.82, 2.24) is 0 Å². The highest BCUT2D eigenvalue weighted by Gasteiger charge is 2.11. The third kappa shape index (κ3) is 5.35. The van der Waals surface area contributed by atoms with E-state index in [-0.39, 0.29) is 22.8 Å². The van der Waals surface area contributed by atoms with E-state index in [1.807, 2.05) is 0 Å². The van der Waals surface area contributed by atoms with Gasteiger partial charge in [0, 0.05) is 35.5 Å². The molecule has 0 saturated carbocycles. The normalized spacial score (nSPS) is 10.2. The lowest BCUT2D eigenvalue weighted by molar-refractivity contribution is -0.131. The van der Waals surface area contributed by atoms with Crippen molar-refractivity contribution in [3.8, 4) is 17.2 Å². The molecule has 3 aromatic carbocycles. The fraction of sp³-hybridized carbons (Fsp3) is 0.0455. The lowest BCUT2D eigenvalue weighted by atomic mass is 10.1. The molecule has 152 valence electrons. The molecule has 0 atom stereocenters. The lowest BCUT2D eigenvalue weighted by Gasteiger charge is -2.10.